The molecule has 17 heavy (non-hydrogen) atoms. The quantitative estimate of drug-likeness (QED) is 0.474. The van der Waals surface area contributed by atoms with E-state index in [1.54, 1.807) is 0 Å². The van der Waals surface area contributed by atoms with E-state index in [0.29, 0.717) is 0 Å². The first-order chi connectivity index (χ1) is 8.34. The molecule has 82 valence electrons. The normalized spacial score (nSPS) is 11.8. The van der Waals surface area contributed by atoms with Gasteiger partial charge in [0, 0.05) is 10.8 Å². The van der Waals surface area contributed by atoms with E-state index in [1.807, 2.05) is 42.5 Å². The van der Waals surface area contributed by atoms with Crippen molar-refractivity contribution in [3.63, 3.8) is 0 Å². The van der Waals surface area contributed by atoms with E-state index in [0.717, 1.165) is 38.0 Å². The molecule has 0 unspecified atom stereocenters. The van der Waals surface area contributed by atoms with Crippen LogP contribution in [0.2, 0.25) is 5.02 Å². The Labute approximate surface area is 102 Å². The van der Waals surface area contributed by atoms with Crippen LogP contribution < -0.4 is 0 Å². The average molecular weight is 242 g/mol. The van der Waals surface area contributed by atoms with Crippen molar-refractivity contribution in [1.82, 2.24) is 4.98 Å². The molecule has 2 heterocycles. The Hall–Kier alpha value is -1.93. The molecular formula is C14H8ClNO. The molecule has 0 atom stereocenters. The third kappa shape index (κ3) is 1.10. The molecule has 0 aliphatic carbocycles. The van der Waals surface area contributed by atoms with Gasteiger partial charge in [0.1, 0.15) is 5.58 Å². The van der Waals surface area contributed by atoms with Crippen molar-refractivity contribution in [2.75, 3.05) is 0 Å². The fraction of sp³-hybridized carbons (Fsp3) is 0. The van der Waals surface area contributed by atoms with Crippen LogP contribution in [0.1, 0.15) is 0 Å². The van der Waals surface area contributed by atoms with Crippen LogP contribution in [0.3, 0.4) is 0 Å². The lowest BCUT2D eigenvalue weighted by Crippen LogP contribution is -1.70. The monoisotopic (exact) mass is 241 g/mol. The van der Waals surface area contributed by atoms with Gasteiger partial charge in [-0.1, -0.05) is 29.8 Å². The number of furan rings is 1. The SMILES string of the molecule is Clc1cccc2c1[nH]c1c3ccccc3oc21. The first-order valence-electron chi connectivity index (χ1n) is 5.42. The molecule has 2 aromatic carbocycles. The van der Waals surface area contributed by atoms with Crippen LogP contribution in [0, 0.1) is 0 Å². The lowest BCUT2D eigenvalue weighted by atomic mass is 10.2. The van der Waals surface area contributed by atoms with Gasteiger partial charge in [0.15, 0.2) is 5.58 Å². The predicted molar refractivity (Wildman–Crippen MR) is 70.6 cm³/mol. The molecule has 1 N–H and O–H groups in total. The molecule has 0 fully saturated rings. The Morgan fingerprint density at radius 2 is 1.71 bits per heavy atom. The molecule has 0 radical (unpaired) electrons. The minimum atomic E-state index is 0.720. The lowest BCUT2D eigenvalue weighted by molar-refractivity contribution is 0.673. The van der Waals surface area contributed by atoms with E-state index < -0.39 is 0 Å². The first kappa shape index (κ1) is 9.14. The molecule has 0 aliphatic heterocycles. The number of hydrogen-bond acceptors (Lipinski definition) is 1. The highest BCUT2D eigenvalue weighted by Crippen LogP contribution is 2.35. The van der Waals surface area contributed by atoms with Gasteiger partial charge in [0.05, 0.1) is 16.1 Å². The lowest BCUT2D eigenvalue weighted by Gasteiger charge is -1.92. The van der Waals surface area contributed by atoms with E-state index in [4.69, 9.17) is 16.0 Å². The summed E-state index contributed by atoms with van der Waals surface area (Å²) in [6.07, 6.45) is 0. The number of aromatic amines is 1. The highest BCUT2D eigenvalue weighted by atomic mass is 35.5. The number of benzene rings is 2. The van der Waals surface area contributed by atoms with Crippen molar-refractivity contribution in [2.45, 2.75) is 0 Å². The van der Waals surface area contributed by atoms with Gasteiger partial charge in [-0.25, -0.2) is 0 Å². The zero-order valence-corrected chi connectivity index (χ0v) is 9.58. The number of nitrogens with one attached hydrogen (secondary N) is 1. The largest absolute Gasteiger partial charge is 0.454 e. The maximum absolute atomic E-state index is 6.16. The summed E-state index contributed by atoms with van der Waals surface area (Å²) in [6.45, 7) is 0. The zero-order valence-electron chi connectivity index (χ0n) is 8.83. The minimum absolute atomic E-state index is 0.720. The third-order valence-corrected chi connectivity index (χ3v) is 3.42. The second kappa shape index (κ2) is 3.05. The summed E-state index contributed by atoms with van der Waals surface area (Å²) in [5.74, 6) is 0. The van der Waals surface area contributed by atoms with Crippen molar-refractivity contribution < 1.29 is 4.42 Å². The van der Waals surface area contributed by atoms with E-state index in [9.17, 15) is 0 Å². The molecule has 0 bridgehead atoms. The Morgan fingerprint density at radius 1 is 0.882 bits per heavy atom. The van der Waals surface area contributed by atoms with Crippen LogP contribution in [0.15, 0.2) is 46.9 Å². The van der Waals surface area contributed by atoms with Crippen molar-refractivity contribution in [1.29, 1.82) is 0 Å². The molecule has 0 spiro atoms. The topological polar surface area (TPSA) is 28.9 Å². The Bertz CT molecular complexity index is 856. The number of para-hydroxylation sites is 2. The molecule has 4 aromatic rings. The molecular weight excluding hydrogens is 234 g/mol. The van der Waals surface area contributed by atoms with Gasteiger partial charge >= 0.3 is 0 Å². The molecule has 2 aromatic heterocycles. The van der Waals surface area contributed by atoms with Gasteiger partial charge in [-0.15, -0.1) is 0 Å². The highest BCUT2D eigenvalue weighted by Gasteiger charge is 2.13. The average Bonchev–Trinajstić information content (AvgIpc) is 2.87. The standard InChI is InChI=1S/C14H8ClNO/c15-10-6-3-5-9-12(10)16-13-8-4-1-2-7-11(8)17-14(9)13/h1-7,16H. The molecule has 0 saturated carbocycles. The van der Waals surface area contributed by atoms with Crippen LogP contribution in [-0.2, 0) is 0 Å². The summed E-state index contributed by atoms with van der Waals surface area (Å²) in [4.78, 5) is 3.34. The highest BCUT2D eigenvalue weighted by molar-refractivity contribution is 6.36. The van der Waals surface area contributed by atoms with Crippen LogP contribution in [0.4, 0.5) is 0 Å². The van der Waals surface area contributed by atoms with E-state index in [-0.39, 0.29) is 0 Å². The number of halogens is 1. The van der Waals surface area contributed by atoms with Crippen molar-refractivity contribution in [2.24, 2.45) is 0 Å². The molecule has 4 rings (SSSR count). The minimum Gasteiger partial charge on any atom is -0.454 e. The molecule has 2 nitrogen and oxygen atoms in total. The van der Waals surface area contributed by atoms with Crippen molar-refractivity contribution in [3.8, 4) is 0 Å². The predicted octanol–water partition coefficient (Wildman–Crippen LogP) is 4.72. The summed E-state index contributed by atoms with van der Waals surface area (Å²) in [7, 11) is 0. The van der Waals surface area contributed by atoms with E-state index in [1.165, 1.54) is 0 Å². The fourth-order valence-electron chi connectivity index (χ4n) is 2.32. The Balaban J connectivity index is 2.33. The summed E-state index contributed by atoms with van der Waals surface area (Å²) >= 11 is 6.16. The van der Waals surface area contributed by atoms with Crippen molar-refractivity contribution >= 4 is 44.6 Å². The van der Waals surface area contributed by atoms with Crippen LogP contribution >= 0.6 is 11.6 Å². The maximum Gasteiger partial charge on any atom is 0.161 e. The zero-order chi connectivity index (χ0) is 11.4. The summed E-state index contributed by atoms with van der Waals surface area (Å²) in [6, 6.07) is 13.8. The number of fused-ring (bicyclic) bond motifs is 5. The van der Waals surface area contributed by atoms with Crippen LogP contribution in [-0.4, -0.2) is 4.98 Å². The molecule has 0 aliphatic rings. The van der Waals surface area contributed by atoms with Gasteiger partial charge in [0.2, 0.25) is 0 Å². The third-order valence-electron chi connectivity index (χ3n) is 3.10. The van der Waals surface area contributed by atoms with Gasteiger partial charge in [-0.3, -0.25) is 0 Å². The van der Waals surface area contributed by atoms with Gasteiger partial charge in [-0.05, 0) is 24.3 Å². The second-order valence-corrected chi connectivity index (χ2v) is 4.50. The van der Waals surface area contributed by atoms with E-state index in [2.05, 4.69) is 4.98 Å². The number of aromatic nitrogens is 1. The first-order valence-corrected chi connectivity index (χ1v) is 5.80. The molecule has 3 heteroatoms. The molecule has 0 amide bonds. The van der Waals surface area contributed by atoms with Crippen molar-refractivity contribution in [3.05, 3.63) is 47.5 Å². The van der Waals surface area contributed by atoms with Crippen LogP contribution in [0.25, 0.3) is 33.0 Å². The Kier molecular flexibility index (Phi) is 1.64. The maximum atomic E-state index is 6.16. The Morgan fingerprint density at radius 3 is 2.65 bits per heavy atom. The van der Waals surface area contributed by atoms with Gasteiger partial charge in [0.25, 0.3) is 0 Å². The number of H-pyrrole nitrogens is 1. The summed E-state index contributed by atoms with van der Waals surface area (Å²) < 4.78 is 5.87. The van der Waals surface area contributed by atoms with Gasteiger partial charge in [-0.2, -0.15) is 0 Å². The van der Waals surface area contributed by atoms with E-state index >= 15 is 0 Å². The van der Waals surface area contributed by atoms with Gasteiger partial charge < -0.3 is 9.40 Å². The second-order valence-electron chi connectivity index (χ2n) is 4.09. The fourth-order valence-corrected chi connectivity index (χ4v) is 2.55. The summed E-state index contributed by atoms with van der Waals surface area (Å²) in [5.41, 5.74) is 3.73. The number of hydrogen-bond donors (Lipinski definition) is 1. The van der Waals surface area contributed by atoms with Crippen LogP contribution in [0.5, 0.6) is 0 Å². The summed E-state index contributed by atoms with van der Waals surface area (Å²) in [5, 5.41) is 2.84. The smallest absolute Gasteiger partial charge is 0.161 e. The molecule has 0 saturated heterocycles. The number of rotatable bonds is 0.